The van der Waals surface area contributed by atoms with Crippen LogP contribution in [0.25, 0.3) is 0 Å². The van der Waals surface area contributed by atoms with Crippen LogP contribution in [0.1, 0.15) is 143 Å². The fourth-order valence-corrected chi connectivity index (χ4v) is 9.57. The number of nitrogens with one attached hydrogen (secondary N) is 1. The van der Waals surface area contributed by atoms with E-state index < -0.39 is 28.7 Å². The highest BCUT2D eigenvalue weighted by molar-refractivity contribution is 5.77. The SMILES string of the molecule is C.C.C.C.CC1(C)OC2CC3CC(C3(C)C)[C@@]2(CC(=O)O)O1.CCCCNC(=O)C[C@]12OC(C)(C)OC1CC1CC2C1(C)C. The van der Waals surface area contributed by atoms with E-state index in [4.69, 9.17) is 18.9 Å². The lowest BCUT2D eigenvalue weighted by molar-refractivity contribution is -0.233. The van der Waals surface area contributed by atoms with Gasteiger partial charge in [0, 0.05) is 6.54 Å². The third-order valence-electron chi connectivity index (χ3n) is 11.6. The first kappa shape index (κ1) is 40.8. The van der Waals surface area contributed by atoms with Crippen LogP contribution in [-0.2, 0) is 28.5 Å². The van der Waals surface area contributed by atoms with Crippen molar-refractivity contribution in [2.24, 2.45) is 34.5 Å². The summed E-state index contributed by atoms with van der Waals surface area (Å²) in [7, 11) is 0. The maximum atomic E-state index is 12.5. The van der Waals surface area contributed by atoms with Gasteiger partial charge in [-0.05, 0) is 94.3 Å². The van der Waals surface area contributed by atoms with Crippen molar-refractivity contribution in [2.45, 2.75) is 178 Å². The van der Waals surface area contributed by atoms with Crippen LogP contribution in [0.2, 0.25) is 0 Å². The van der Waals surface area contributed by atoms with E-state index in [0.717, 1.165) is 38.6 Å². The molecule has 0 spiro atoms. The van der Waals surface area contributed by atoms with Crippen molar-refractivity contribution in [3.63, 3.8) is 0 Å². The Kier molecular flexibility index (Phi) is 12.2. The number of ether oxygens (including phenoxy) is 4. The Hall–Kier alpha value is -1.22. The van der Waals surface area contributed by atoms with Crippen LogP contribution in [0.4, 0.5) is 0 Å². The predicted octanol–water partition coefficient (Wildman–Crippen LogP) is 8.21. The minimum atomic E-state index is -0.789. The van der Waals surface area contributed by atoms with Crippen LogP contribution in [0.15, 0.2) is 0 Å². The monoisotopic (exact) mass is 628 g/mol. The smallest absolute Gasteiger partial charge is 0.306 e. The van der Waals surface area contributed by atoms with E-state index in [9.17, 15) is 14.7 Å². The van der Waals surface area contributed by atoms with E-state index in [0.29, 0.717) is 30.1 Å². The fourth-order valence-electron chi connectivity index (χ4n) is 9.57. The van der Waals surface area contributed by atoms with Gasteiger partial charge in [-0.2, -0.15) is 0 Å². The van der Waals surface area contributed by atoms with Crippen LogP contribution in [-0.4, -0.2) is 58.5 Å². The van der Waals surface area contributed by atoms with E-state index in [-0.39, 0.29) is 65.1 Å². The van der Waals surface area contributed by atoms with Crippen LogP contribution < -0.4 is 5.32 Å². The summed E-state index contributed by atoms with van der Waals surface area (Å²) in [6.07, 6.45) is 6.83. The number of hydrogen-bond acceptors (Lipinski definition) is 6. The second-order valence-electron chi connectivity index (χ2n) is 15.7. The minimum absolute atomic E-state index is 0. The molecule has 8 rings (SSSR count). The molecular weight excluding hydrogens is 558 g/mol. The Bertz CT molecular complexity index is 1020. The summed E-state index contributed by atoms with van der Waals surface area (Å²) in [5.41, 5.74) is -0.620. The molecule has 2 heterocycles. The van der Waals surface area contributed by atoms with Gasteiger partial charge in [-0.15, -0.1) is 0 Å². The van der Waals surface area contributed by atoms with Crippen LogP contribution >= 0.6 is 0 Å². The molecule has 4 bridgehead atoms. The summed E-state index contributed by atoms with van der Waals surface area (Å²) in [6.45, 7) is 19.8. The first-order chi connectivity index (χ1) is 18.4. The molecule has 0 radical (unpaired) electrons. The van der Waals surface area contributed by atoms with Crippen LogP contribution in [0.3, 0.4) is 0 Å². The zero-order chi connectivity index (χ0) is 29.5. The number of carboxylic acids is 1. The van der Waals surface area contributed by atoms with Crippen molar-refractivity contribution in [1.29, 1.82) is 0 Å². The molecule has 1 amide bonds. The number of carboxylic acid groups (broad SMARTS) is 1. The molecule has 2 saturated heterocycles. The first-order valence-electron chi connectivity index (χ1n) is 15.6. The zero-order valence-corrected chi connectivity index (χ0v) is 26.2. The van der Waals surface area contributed by atoms with Gasteiger partial charge in [0.2, 0.25) is 5.91 Å². The Balaban J connectivity index is 0.000000409. The lowest BCUT2D eigenvalue weighted by atomic mass is 9.43. The quantitative estimate of drug-likeness (QED) is 0.274. The molecule has 0 aromatic rings. The van der Waals surface area contributed by atoms with E-state index in [1.165, 1.54) is 6.42 Å². The number of amides is 1. The second kappa shape index (κ2) is 13.1. The molecule has 8 aliphatic rings. The van der Waals surface area contributed by atoms with Crippen LogP contribution in [0.5, 0.6) is 0 Å². The number of aliphatic carboxylic acids is 1. The van der Waals surface area contributed by atoms with Crippen LogP contribution in [0, 0.1) is 34.5 Å². The topological polar surface area (TPSA) is 103 Å². The van der Waals surface area contributed by atoms with E-state index in [1.54, 1.807) is 0 Å². The molecule has 8 nitrogen and oxygen atoms in total. The lowest BCUT2D eigenvalue weighted by Crippen LogP contribution is -2.67. The summed E-state index contributed by atoms with van der Waals surface area (Å²) in [6, 6.07) is 0. The molecule has 44 heavy (non-hydrogen) atoms. The average molecular weight is 628 g/mol. The molecule has 0 aromatic heterocycles. The van der Waals surface area contributed by atoms with Crippen molar-refractivity contribution in [3.8, 4) is 0 Å². The van der Waals surface area contributed by atoms with Crippen molar-refractivity contribution in [3.05, 3.63) is 0 Å². The second-order valence-corrected chi connectivity index (χ2v) is 15.7. The van der Waals surface area contributed by atoms with Gasteiger partial charge in [-0.1, -0.05) is 70.7 Å². The van der Waals surface area contributed by atoms with Gasteiger partial charge >= 0.3 is 5.97 Å². The fraction of sp³-hybridized carbons (Fsp3) is 0.944. The summed E-state index contributed by atoms with van der Waals surface area (Å²) < 4.78 is 24.7. The van der Waals surface area contributed by atoms with Gasteiger partial charge < -0.3 is 29.4 Å². The third-order valence-corrected chi connectivity index (χ3v) is 11.6. The molecule has 8 fully saturated rings. The number of carbonyl (C=O) groups is 2. The van der Waals surface area contributed by atoms with Gasteiger partial charge in [-0.3, -0.25) is 9.59 Å². The standard InChI is InChI=1S/C18H31NO3.C14H22O4.4CH4/c1-6-7-8-19-15(20)11-18-13-9-12(16(13,2)3)10-14(18)21-17(4,5)22-18;1-12(2)8-5-9(12)14(7-11(15)16)10(6-8)17-13(3,4)18-14;;;;/h12-14H,6-11H2,1-5H3,(H,19,20);8-10H,5-7H2,1-4H3,(H,15,16);4*1H4/t12?,13?,14?,18-;8?,9?,10?,14-;;;;/m11..../s1. The summed E-state index contributed by atoms with van der Waals surface area (Å²) in [4.78, 5) is 23.7. The van der Waals surface area contributed by atoms with Gasteiger partial charge in [0.05, 0.1) is 25.0 Å². The van der Waals surface area contributed by atoms with Crippen molar-refractivity contribution < 1.29 is 33.6 Å². The summed E-state index contributed by atoms with van der Waals surface area (Å²) in [5, 5.41) is 12.3. The third kappa shape index (κ3) is 6.48. The molecular formula is C36H69NO7. The first-order valence-corrected chi connectivity index (χ1v) is 15.6. The Labute approximate surface area is 270 Å². The number of hydrogen-bond donors (Lipinski definition) is 2. The molecule has 6 saturated carbocycles. The number of rotatable bonds is 7. The van der Waals surface area contributed by atoms with Gasteiger partial charge in [0.25, 0.3) is 0 Å². The molecule has 260 valence electrons. The highest BCUT2D eigenvalue weighted by Gasteiger charge is 2.72. The minimum Gasteiger partial charge on any atom is -0.481 e. The molecule has 8 heteroatoms. The normalized spacial score (nSPS) is 39.7. The molecule has 2 N–H and O–H groups in total. The Morgan fingerprint density at radius 3 is 1.48 bits per heavy atom. The maximum absolute atomic E-state index is 12.5. The average Bonchev–Trinajstić information content (AvgIpc) is 3.24. The lowest BCUT2D eigenvalue weighted by Gasteiger charge is -2.64. The highest BCUT2D eigenvalue weighted by atomic mass is 16.8. The highest BCUT2D eigenvalue weighted by Crippen LogP contribution is 2.69. The van der Waals surface area contributed by atoms with E-state index in [2.05, 4.69) is 39.9 Å². The summed E-state index contributed by atoms with van der Waals surface area (Å²) >= 11 is 0. The maximum Gasteiger partial charge on any atom is 0.306 e. The number of unbranched alkanes of at least 4 members (excludes halogenated alkanes) is 1. The molecule has 2 aliphatic heterocycles. The van der Waals surface area contributed by atoms with Crippen molar-refractivity contribution >= 4 is 11.9 Å². The Morgan fingerprint density at radius 1 is 0.705 bits per heavy atom. The van der Waals surface area contributed by atoms with E-state index >= 15 is 0 Å². The van der Waals surface area contributed by atoms with Gasteiger partial charge in [0.1, 0.15) is 11.2 Å². The van der Waals surface area contributed by atoms with Crippen molar-refractivity contribution in [2.75, 3.05) is 6.54 Å². The molecule has 0 aromatic carbocycles. The Morgan fingerprint density at radius 2 is 1.11 bits per heavy atom. The zero-order valence-electron chi connectivity index (χ0n) is 26.2. The number of carbonyl (C=O) groups excluding carboxylic acids is 1. The van der Waals surface area contributed by atoms with Gasteiger partial charge in [-0.25, -0.2) is 0 Å². The van der Waals surface area contributed by atoms with E-state index in [1.807, 2.05) is 27.7 Å². The molecule has 8 atom stereocenters. The summed E-state index contributed by atoms with van der Waals surface area (Å²) in [5.74, 6) is 0.149. The van der Waals surface area contributed by atoms with Gasteiger partial charge in [0.15, 0.2) is 11.6 Å². The molecule has 6 unspecified atom stereocenters. The van der Waals surface area contributed by atoms with Crippen molar-refractivity contribution in [1.82, 2.24) is 5.32 Å². The molecule has 6 aliphatic carbocycles. The predicted molar refractivity (Wildman–Crippen MR) is 177 cm³/mol. The largest absolute Gasteiger partial charge is 0.481 e.